The monoisotopic (exact) mass is 438 g/mol. The van der Waals surface area contributed by atoms with E-state index in [2.05, 4.69) is 5.32 Å². The summed E-state index contributed by atoms with van der Waals surface area (Å²) < 4.78 is 35.8. The van der Waals surface area contributed by atoms with E-state index in [-0.39, 0.29) is 18.4 Å². The highest BCUT2D eigenvalue weighted by molar-refractivity contribution is 7.99. The lowest BCUT2D eigenvalue weighted by molar-refractivity contribution is -0.116. The Morgan fingerprint density at radius 2 is 1.67 bits per heavy atom. The molecule has 0 unspecified atom stereocenters. The molecular formula is C21H24F2N2O4S. The quantitative estimate of drug-likeness (QED) is 0.553. The minimum Gasteiger partial charge on any atom is -0.490 e. The molecular weight excluding hydrogens is 414 g/mol. The van der Waals surface area contributed by atoms with E-state index in [1.165, 1.54) is 36.2 Å². The molecule has 0 radical (unpaired) electrons. The molecule has 0 fully saturated rings. The second kappa shape index (κ2) is 11.4. The van der Waals surface area contributed by atoms with E-state index >= 15 is 0 Å². The standard InChI is InChI=1S/C21H24F2N2O4S/c1-4-28-17-11-8-15(12-18(17)29-5-2)24-19(26)13-25(3)20(27)14-6-9-16(10-7-14)30-21(22)23/h6-12,21H,4-5,13H2,1-3H3,(H,24,26). The molecule has 2 aromatic rings. The van der Waals surface area contributed by atoms with Crippen molar-refractivity contribution in [3.63, 3.8) is 0 Å². The van der Waals surface area contributed by atoms with Gasteiger partial charge in [0.1, 0.15) is 0 Å². The molecule has 0 aromatic heterocycles. The largest absolute Gasteiger partial charge is 0.490 e. The van der Waals surface area contributed by atoms with Crippen molar-refractivity contribution in [3.8, 4) is 11.5 Å². The average molecular weight is 438 g/mol. The van der Waals surface area contributed by atoms with Crippen molar-refractivity contribution in [1.29, 1.82) is 0 Å². The number of anilines is 1. The van der Waals surface area contributed by atoms with Crippen LogP contribution in [0, 0.1) is 0 Å². The fourth-order valence-corrected chi connectivity index (χ4v) is 3.11. The Morgan fingerprint density at radius 1 is 1.03 bits per heavy atom. The van der Waals surface area contributed by atoms with Crippen LogP contribution >= 0.6 is 11.8 Å². The molecule has 9 heteroatoms. The minimum atomic E-state index is -2.52. The van der Waals surface area contributed by atoms with Gasteiger partial charge in [0, 0.05) is 29.3 Å². The number of amides is 2. The summed E-state index contributed by atoms with van der Waals surface area (Å²) in [7, 11) is 1.49. The number of nitrogens with one attached hydrogen (secondary N) is 1. The van der Waals surface area contributed by atoms with Crippen LogP contribution < -0.4 is 14.8 Å². The lowest BCUT2D eigenvalue weighted by atomic mass is 10.2. The Balaban J connectivity index is 1.98. The minimum absolute atomic E-state index is 0.177. The van der Waals surface area contributed by atoms with Crippen LogP contribution in [0.15, 0.2) is 47.4 Å². The molecule has 0 spiro atoms. The zero-order valence-corrected chi connectivity index (χ0v) is 17.8. The lowest BCUT2D eigenvalue weighted by Gasteiger charge is -2.18. The third-order valence-corrected chi connectivity index (χ3v) is 4.60. The fraction of sp³-hybridized carbons (Fsp3) is 0.333. The average Bonchev–Trinajstić information content (AvgIpc) is 2.69. The molecule has 0 heterocycles. The molecule has 1 N–H and O–H groups in total. The number of hydrogen-bond donors (Lipinski definition) is 1. The summed E-state index contributed by atoms with van der Waals surface area (Å²) in [5.41, 5.74) is 0.824. The van der Waals surface area contributed by atoms with E-state index in [0.717, 1.165) is 0 Å². The van der Waals surface area contributed by atoms with Crippen LogP contribution in [0.25, 0.3) is 0 Å². The van der Waals surface area contributed by atoms with Crippen molar-refractivity contribution in [1.82, 2.24) is 4.90 Å². The summed E-state index contributed by atoms with van der Waals surface area (Å²) in [6, 6.07) is 10.9. The van der Waals surface area contributed by atoms with Crippen LogP contribution in [0.5, 0.6) is 11.5 Å². The van der Waals surface area contributed by atoms with Crippen LogP contribution in [0.1, 0.15) is 24.2 Å². The summed E-state index contributed by atoms with van der Waals surface area (Å²) in [6.07, 6.45) is 0. The highest BCUT2D eigenvalue weighted by atomic mass is 32.2. The van der Waals surface area contributed by atoms with Crippen LogP contribution in [0.4, 0.5) is 14.5 Å². The number of hydrogen-bond acceptors (Lipinski definition) is 5. The van der Waals surface area contributed by atoms with Gasteiger partial charge in [-0.3, -0.25) is 9.59 Å². The maximum Gasteiger partial charge on any atom is 0.288 e. The van der Waals surface area contributed by atoms with Gasteiger partial charge in [0.2, 0.25) is 5.91 Å². The van der Waals surface area contributed by atoms with Gasteiger partial charge in [0.25, 0.3) is 11.7 Å². The Labute approximate surface area is 178 Å². The van der Waals surface area contributed by atoms with Crippen molar-refractivity contribution in [3.05, 3.63) is 48.0 Å². The predicted molar refractivity (Wildman–Crippen MR) is 113 cm³/mol. The van der Waals surface area contributed by atoms with E-state index < -0.39 is 5.76 Å². The van der Waals surface area contributed by atoms with Gasteiger partial charge < -0.3 is 19.7 Å². The number of carbonyl (C=O) groups excluding carboxylic acids is 2. The number of ether oxygens (including phenoxy) is 2. The number of benzene rings is 2. The van der Waals surface area contributed by atoms with Crippen LogP contribution in [0.2, 0.25) is 0 Å². The van der Waals surface area contributed by atoms with E-state index in [9.17, 15) is 18.4 Å². The predicted octanol–water partition coefficient (Wildman–Crippen LogP) is 4.51. The van der Waals surface area contributed by atoms with Gasteiger partial charge in [0.05, 0.1) is 19.8 Å². The molecule has 6 nitrogen and oxygen atoms in total. The highest BCUT2D eigenvalue weighted by Crippen LogP contribution is 2.30. The molecule has 0 aliphatic heterocycles. The molecule has 0 aliphatic carbocycles. The summed E-state index contributed by atoms with van der Waals surface area (Å²) in [6.45, 7) is 4.47. The number of rotatable bonds is 10. The number of carbonyl (C=O) groups is 2. The van der Waals surface area contributed by atoms with Crippen molar-refractivity contribution in [2.24, 2.45) is 0 Å². The summed E-state index contributed by atoms with van der Waals surface area (Å²) in [5.74, 6) is -2.20. The zero-order chi connectivity index (χ0) is 22.1. The number of halogens is 2. The zero-order valence-electron chi connectivity index (χ0n) is 17.0. The normalized spacial score (nSPS) is 10.6. The first-order chi connectivity index (χ1) is 14.3. The van der Waals surface area contributed by atoms with E-state index in [1.54, 1.807) is 18.2 Å². The Morgan fingerprint density at radius 3 is 2.27 bits per heavy atom. The lowest BCUT2D eigenvalue weighted by Crippen LogP contribution is -2.34. The molecule has 2 aromatic carbocycles. The van der Waals surface area contributed by atoms with Gasteiger partial charge in [-0.15, -0.1) is 0 Å². The van der Waals surface area contributed by atoms with E-state index in [4.69, 9.17) is 9.47 Å². The van der Waals surface area contributed by atoms with Crippen molar-refractivity contribution < 1.29 is 27.8 Å². The van der Waals surface area contributed by atoms with Crippen LogP contribution in [0.3, 0.4) is 0 Å². The van der Waals surface area contributed by atoms with Gasteiger partial charge in [-0.1, -0.05) is 11.8 Å². The Kier molecular flexibility index (Phi) is 8.91. The van der Waals surface area contributed by atoms with Gasteiger partial charge in [0.15, 0.2) is 11.5 Å². The molecule has 2 rings (SSSR count). The summed E-state index contributed by atoms with van der Waals surface area (Å²) >= 11 is 0.406. The molecule has 0 bridgehead atoms. The smallest absolute Gasteiger partial charge is 0.288 e. The maximum absolute atomic E-state index is 12.5. The van der Waals surface area contributed by atoms with E-state index in [0.29, 0.717) is 52.6 Å². The Bertz CT molecular complexity index is 863. The summed E-state index contributed by atoms with van der Waals surface area (Å²) in [5, 5.41) is 2.72. The Hall–Kier alpha value is -2.81. The number of nitrogens with zero attached hydrogens (tertiary/aromatic N) is 1. The second-order valence-electron chi connectivity index (χ2n) is 6.14. The first kappa shape index (κ1) is 23.5. The second-order valence-corrected chi connectivity index (χ2v) is 7.20. The van der Waals surface area contributed by atoms with Crippen LogP contribution in [-0.2, 0) is 4.79 Å². The topological polar surface area (TPSA) is 67.9 Å². The van der Waals surface area contributed by atoms with Crippen LogP contribution in [-0.4, -0.2) is 49.3 Å². The number of likely N-dealkylation sites (N-methyl/N-ethyl adjacent to an activating group) is 1. The van der Waals surface area contributed by atoms with Crippen molar-refractivity contribution in [2.75, 3.05) is 32.1 Å². The highest BCUT2D eigenvalue weighted by Gasteiger charge is 2.16. The molecule has 30 heavy (non-hydrogen) atoms. The molecule has 0 atom stereocenters. The van der Waals surface area contributed by atoms with Crippen molar-refractivity contribution in [2.45, 2.75) is 24.5 Å². The van der Waals surface area contributed by atoms with Gasteiger partial charge in [-0.25, -0.2) is 0 Å². The third-order valence-electron chi connectivity index (χ3n) is 3.88. The number of thioether (sulfide) groups is 1. The first-order valence-corrected chi connectivity index (χ1v) is 10.2. The number of alkyl halides is 2. The summed E-state index contributed by atoms with van der Waals surface area (Å²) in [4.78, 5) is 26.4. The molecule has 162 valence electrons. The van der Waals surface area contributed by atoms with Gasteiger partial charge in [-0.05, 0) is 50.2 Å². The first-order valence-electron chi connectivity index (χ1n) is 9.33. The van der Waals surface area contributed by atoms with Gasteiger partial charge >= 0.3 is 0 Å². The van der Waals surface area contributed by atoms with Gasteiger partial charge in [-0.2, -0.15) is 8.78 Å². The molecule has 0 aliphatic rings. The van der Waals surface area contributed by atoms with E-state index in [1.807, 2.05) is 13.8 Å². The molecule has 0 saturated carbocycles. The fourth-order valence-electron chi connectivity index (χ4n) is 2.62. The van der Waals surface area contributed by atoms with Crippen molar-refractivity contribution >= 4 is 29.3 Å². The molecule has 0 saturated heterocycles. The maximum atomic E-state index is 12.5. The third kappa shape index (κ3) is 6.91. The SMILES string of the molecule is CCOc1ccc(NC(=O)CN(C)C(=O)c2ccc(SC(F)F)cc2)cc1OCC. The molecule has 2 amide bonds.